The maximum atomic E-state index is 12.1. The molecule has 1 aromatic carbocycles. The predicted molar refractivity (Wildman–Crippen MR) is 88.0 cm³/mol. The summed E-state index contributed by atoms with van der Waals surface area (Å²) >= 11 is 1.70. The van der Waals surface area contributed by atoms with Gasteiger partial charge >= 0.3 is 0 Å². The molecule has 1 aliphatic heterocycles. The molecule has 0 saturated carbocycles. The first kappa shape index (κ1) is 14.5. The molecule has 3 rings (SSSR count). The van der Waals surface area contributed by atoms with E-state index in [1.165, 1.54) is 6.42 Å². The third kappa shape index (κ3) is 3.41. The van der Waals surface area contributed by atoms with Crippen molar-refractivity contribution < 1.29 is 4.79 Å². The highest BCUT2D eigenvalue weighted by molar-refractivity contribution is 7.18. The minimum Gasteiger partial charge on any atom is -0.326 e. The van der Waals surface area contributed by atoms with Crippen LogP contribution in [0.25, 0.3) is 10.2 Å². The van der Waals surface area contributed by atoms with Crippen molar-refractivity contribution in [3.05, 3.63) is 23.2 Å². The van der Waals surface area contributed by atoms with Gasteiger partial charge in [-0.3, -0.25) is 4.79 Å². The molecule has 2 N–H and O–H groups in total. The van der Waals surface area contributed by atoms with Gasteiger partial charge < -0.3 is 10.6 Å². The fourth-order valence-corrected chi connectivity index (χ4v) is 3.64. The molecule has 5 heteroatoms. The lowest BCUT2D eigenvalue weighted by Gasteiger charge is -2.10. The largest absolute Gasteiger partial charge is 0.326 e. The van der Waals surface area contributed by atoms with E-state index < -0.39 is 0 Å². The van der Waals surface area contributed by atoms with Gasteiger partial charge in [-0.05, 0) is 37.6 Å². The molecule has 0 spiro atoms. The second kappa shape index (κ2) is 6.12. The van der Waals surface area contributed by atoms with Crippen LogP contribution in [-0.4, -0.2) is 23.5 Å². The second-order valence-electron chi connectivity index (χ2n) is 5.93. The molecule has 1 amide bonds. The third-order valence-electron chi connectivity index (χ3n) is 3.78. The van der Waals surface area contributed by atoms with Gasteiger partial charge in [0.05, 0.1) is 15.2 Å². The van der Waals surface area contributed by atoms with Gasteiger partial charge in [-0.15, -0.1) is 11.3 Å². The predicted octanol–water partition coefficient (Wildman–Crippen LogP) is 3.50. The van der Waals surface area contributed by atoms with Crippen molar-refractivity contribution >= 4 is 33.1 Å². The molecule has 1 aliphatic rings. The number of amides is 1. The summed E-state index contributed by atoms with van der Waals surface area (Å²) in [6.07, 6.45) is 2.82. The van der Waals surface area contributed by atoms with Gasteiger partial charge in [0.1, 0.15) is 0 Å². The Morgan fingerprint density at radius 3 is 3.10 bits per heavy atom. The van der Waals surface area contributed by atoms with Crippen LogP contribution < -0.4 is 10.6 Å². The number of hydrogen-bond donors (Lipinski definition) is 2. The monoisotopic (exact) mass is 303 g/mol. The number of carbonyl (C=O) groups excluding carboxylic acids is 1. The van der Waals surface area contributed by atoms with Crippen LogP contribution in [0, 0.1) is 0 Å². The van der Waals surface area contributed by atoms with Crippen LogP contribution in [0.3, 0.4) is 0 Å². The molecule has 21 heavy (non-hydrogen) atoms. The van der Waals surface area contributed by atoms with Gasteiger partial charge in [-0.2, -0.15) is 0 Å². The van der Waals surface area contributed by atoms with Gasteiger partial charge in [-0.25, -0.2) is 4.98 Å². The average molecular weight is 303 g/mol. The number of thiazole rings is 1. The Morgan fingerprint density at radius 2 is 2.38 bits per heavy atom. The fourth-order valence-electron chi connectivity index (χ4n) is 2.63. The van der Waals surface area contributed by atoms with E-state index in [0.717, 1.165) is 33.9 Å². The summed E-state index contributed by atoms with van der Waals surface area (Å²) in [5.41, 5.74) is 1.88. The molecule has 0 aliphatic carbocycles. The van der Waals surface area contributed by atoms with Crippen molar-refractivity contribution in [2.75, 3.05) is 11.9 Å². The van der Waals surface area contributed by atoms with Crippen molar-refractivity contribution in [3.63, 3.8) is 0 Å². The highest BCUT2D eigenvalue weighted by Crippen LogP contribution is 2.29. The topological polar surface area (TPSA) is 54.0 Å². The number of aromatic nitrogens is 1. The number of nitrogens with one attached hydrogen (secondary N) is 2. The summed E-state index contributed by atoms with van der Waals surface area (Å²) in [6.45, 7) is 5.33. The van der Waals surface area contributed by atoms with E-state index in [1.807, 2.05) is 18.2 Å². The summed E-state index contributed by atoms with van der Waals surface area (Å²) in [4.78, 5) is 16.7. The third-order valence-corrected chi connectivity index (χ3v) is 5.10. The van der Waals surface area contributed by atoms with Crippen molar-refractivity contribution in [2.45, 2.75) is 45.1 Å². The molecule has 1 fully saturated rings. The summed E-state index contributed by atoms with van der Waals surface area (Å²) in [6, 6.07) is 6.29. The van der Waals surface area contributed by atoms with Gasteiger partial charge in [0.2, 0.25) is 5.91 Å². The van der Waals surface area contributed by atoms with E-state index in [0.29, 0.717) is 18.4 Å². The first-order valence-electron chi connectivity index (χ1n) is 7.55. The van der Waals surface area contributed by atoms with E-state index in [-0.39, 0.29) is 5.91 Å². The SMILES string of the molecule is CC(C)c1nc2ccc(NC(=O)CC3CCCN3)cc2s1. The van der Waals surface area contributed by atoms with Crippen LogP contribution in [0.2, 0.25) is 0 Å². The first-order valence-corrected chi connectivity index (χ1v) is 8.37. The van der Waals surface area contributed by atoms with Gasteiger partial charge in [0.15, 0.2) is 0 Å². The van der Waals surface area contributed by atoms with Crippen molar-refractivity contribution in [2.24, 2.45) is 0 Å². The average Bonchev–Trinajstić information content (AvgIpc) is 3.06. The van der Waals surface area contributed by atoms with Gasteiger partial charge in [0.25, 0.3) is 0 Å². The molecule has 2 heterocycles. The molecule has 0 radical (unpaired) electrons. The number of anilines is 1. The van der Waals surface area contributed by atoms with Crippen molar-refractivity contribution in [1.29, 1.82) is 0 Å². The van der Waals surface area contributed by atoms with Gasteiger partial charge in [-0.1, -0.05) is 13.8 Å². The van der Waals surface area contributed by atoms with Crippen molar-refractivity contribution in [1.82, 2.24) is 10.3 Å². The molecule has 1 atom stereocenters. The Kier molecular flexibility index (Phi) is 4.22. The Morgan fingerprint density at radius 1 is 1.52 bits per heavy atom. The Balaban J connectivity index is 1.70. The first-order chi connectivity index (χ1) is 10.1. The van der Waals surface area contributed by atoms with E-state index in [9.17, 15) is 4.79 Å². The van der Waals surface area contributed by atoms with Crippen LogP contribution in [0.5, 0.6) is 0 Å². The van der Waals surface area contributed by atoms with Crippen molar-refractivity contribution in [3.8, 4) is 0 Å². The second-order valence-corrected chi connectivity index (χ2v) is 7.00. The normalized spacial score (nSPS) is 18.5. The van der Waals surface area contributed by atoms with Crippen LogP contribution in [0.15, 0.2) is 18.2 Å². The Hall–Kier alpha value is -1.46. The molecule has 1 unspecified atom stereocenters. The van der Waals surface area contributed by atoms with Crippen LogP contribution in [0.1, 0.15) is 44.0 Å². The van der Waals surface area contributed by atoms with E-state index in [4.69, 9.17) is 0 Å². The fraction of sp³-hybridized carbons (Fsp3) is 0.500. The quantitative estimate of drug-likeness (QED) is 0.909. The van der Waals surface area contributed by atoms with Crippen LogP contribution >= 0.6 is 11.3 Å². The van der Waals surface area contributed by atoms with Gasteiger partial charge in [0, 0.05) is 24.1 Å². The van der Waals surface area contributed by atoms with Crippen LogP contribution in [-0.2, 0) is 4.79 Å². The summed E-state index contributed by atoms with van der Waals surface area (Å²) in [5.74, 6) is 0.524. The highest BCUT2D eigenvalue weighted by atomic mass is 32.1. The zero-order valence-electron chi connectivity index (χ0n) is 12.5. The molecule has 0 bridgehead atoms. The zero-order valence-corrected chi connectivity index (χ0v) is 13.3. The molecule has 1 aromatic heterocycles. The summed E-state index contributed by atoms with van der Waals surface area (Å²) in [5, 5.41) is 7.49. The Bertz CT molecular complexity index is 644. The lowest BCUT2D eigenvalue weighted by atomic mass is 10.1. The number of carbonyl (C=O) groups is 1. The maximum Gasteiger partial charge on any atom is 0.225 e. The maximum absolute atomic E-state index is 12.1. The smallest absolute Gasteiger partial charge is 0.225 e. The molecule has 2 aromatic rings. The molecule has 1 saturated heterocycles. The van der Waals surface area contributed by atoms with Crippen LogP contribution in [0.4, 0.5) is 5.69 Å². The lowest BCUT2D eigenvalue weighted by molar-refractivity contribution is -0.116. The molecule has 4 nitrogen and oxygen atoms in total. The molecular formula is C16H21N3OS. The number of rotatable bonds is 4. The van der Waals surface area contributed by atoms with E-state index in [2.05, 4.69) is 29.5 Å². The molecular weight excluding hydrogens is 282 g/mol. The minimum atomic E-state index is 0.0855. The summed E-state index contributed by atoms with van der Waals surface area (Å²) < 4.78 is 1.13. The van der Waals surface area contributed by atoms with E-state index >= 15 is 0 Å². The number of fused-ring (bicyclic) bond motifs is 1. The molecule has 112 valence electrons. The Labute approximate surface area is 129 Å². The zero-order chi connectivity index (χ0) is 14.8. The van der Waals surface area contributed by atoms with E-state index in [1.54, 1.807) is 11.3 Å². The highest BCUT2D eigenvalue weighted by Gasteiger charge is 2.17. The lowest BCUT2D eigenvalue weighted by Crippen LogP contribution is -2.27. The number of benzene rings is 1. The number of hydrogen-bond acceptors (Lipinski definition) is 4. The summed E-state index contributed by atoms with van der Waals surface area (Å²) in [7, 11) is 0. The number of nitrogens with zero attached hydrogens (tertiary/aromatic N) is 1. The standard InChI is InChI=1S/C16H21N3OS/c1-10(2)16-19-13-6-5-12(8-14(13)21-16)18-15(20)9-11-4-3-7-17-11/h5-6,8,10-11,17H,3-4,7,9H2,1-2H3,(H,18,20). The minimum absolute atomic E-state index is 0.0855.